The summed E-state index contributed by atoms with van der Waals surface area (Å²) in [5.74, 6) is 0.861. The van der Waals surface area contributed by atoms with E-state index in [4.69, 9.17) is 0 Å². The van der Waals surface area contributed by atoms with Gasteiger partial charge in [0.25, 0.3) is 0 Å². The highest BCUT2D eigenvalue weighted by Gasteiger charge is 2.14. The third-order valence-electron chi connectivity index (χ3n) is 2.60. The van der Waals surface area contributed by atoms with Crippen LogP contribution in [0.15, 0.2) is 24.3 Å². The first-order valence-corrected chi connectivity index (χ1v) is 5.87. The Balaban J connectivity index is 1.97. The first-order chi connectivity index (χ1) is 6.34. The highest BCUT2D eigenvalue weighted by atomic mass is 127. The molecule has 1 saturated heterocycles. The first-order valence-electron chi connectivity index (χ1n) is 4.80. The van der Waals surface area contributed by atoms with Gasteiger partial charge < -0.3 is 5.32 Å². The lowest BCUT2D eigenvalue weighted by Gasteiger charge is -2.07. The minimum absolute atomic E-state index is 0.861. The van der Waals surface area contributed by atoms with Gasteiger partial charge in [-0.1, -0.05) is 12.1 Å². The van der Waals surface area contributed by atoms with Crippen molar-refractivity contribution in [3.8, 4) is 0 Å². The fraction of sp³-hybridized carbons (Fsp3) is 0.455. The van der Waals surface area contributed by atoms with Gasteiger partial charge in [0.05, 0.1) is 0 Å². The van der Waals surface area contributed by atoms with Crippen LogP contribution in [0, 0.1) is 9.49 Å². The van der Waals surface area contributed by atoms with Crippen LogP contribution in [0.5, 0.6) is 0 Å². The second-order valence-corrected chi connectivity index (χ2v) is 4.94. The Labute approximate surface area is 93.1 Å². The van der Waals surface area contributed by atoms with Crippen LogP contribution in [-0.2, 0) is 6.42 Å². The molecule has 1 aromatic carbocycles. The summed E-state index contributed by atoms with van der Waals surface area (Å²) in [6.07, 6.45) is 2.58. The summed E-state index contributed by atoms with van der Waals surface area (Å²) in [7, 11) is 0. The highest BCUT2D eigenvalue weighted by molar-refractivity contribution is 14.1. The van der Waals surface area contributed by atoms with Gasteiger partial charge in [-0.2, -0.15) is 0 Å². The summed E-state index contributed by atoms with van der Waals surface area (Å²) in [5, 5.41) is 3.40. The van der Waals surface area contributed by atoms with Crippen LogP contribution in [0.3, 0.4) is 0 Å². The minimum Gasteiger partial charge on any atom is -0.316 e. The standard InChI is InChI=1S/C11H14IN/c12-11-3-1-9(2-4-11)7-10-5-6-13-8-10/h1-4,10,13H,5-8H2. The average Bonchev–Trinajstić information content (AvgIpc) is 2.62. The third-order valence-corrected chi connectivity index (χ3v) is 3.32. The molecule has 0 saturated carbocycles. The van der Waals surface area contributed by atoms with Crippen molar-refractivity contribution >= 4 is 22.6 Å². The summed E-state index contributed by atoms with van der Waals surface area (Å²) in [6.45, 7) is 2.40. The molecule has 1 N–H and O–H groups in total. The van der Waals surface area contributed by atoms with Crippen LogP contribution in [-0.4, -0.2) is 13.1 Å². The fourth-order valence-corrected chi connectivity index (χ4v) is 2.20. The Hall–Kier alpha value is -0.0900. The molecule has 0 bridgehead atoms. The maximum absolute atomic E-state index is 3.40. The van der Waals surface area contributed by atoms with Crippen LogP contribution in [0.25, 0.3) is 0 Å². The fourth-order valence-electron chi connectivity index (χ4n) is 1.84. The monoisotopic (exact) mass is 287 g/mol. The van der Waals surface area contributed by atoms with E-state index in [1.807, 2.05) is 0 Å². The zero-order valence-corrected chi connectivity index (χ0v) is 9.75. The summed E-state index contributed by atoms with van der Waals surface area (Å²) < 4.78 is 1.32. The summed E-state index contributed by atoms with van der Waals surface area (Å²) in [5.41, 5.74) is 1.48. The van der Waals surface area contributed by atoms with E-state index in [1.54, 1.807) is 0 Å². The van der Waals surface area contributed by atoms with Crippen molar-refractivity contribution in [1.29, 1.82) is 0 Å². The Bertz CT molecular complexity index is 262. The van der Waals surface area contributed by atoms with Crippen LogP contribution in [0.1, 0.15) is 12.0 Å². The largest absolute Gasteiger partial charge is 0.316 e. The van der Waals surface area contributed by atoms with Crippen molar-refractivity contribution in [3.05, 3.63) is 33.4 Å². The van der Waals surface area contributed by atoms with Crippen LogP contribution >= 0.6 is 22.6 Å². The Morgan fingerprint density at radius 3 is 2.69 bits per heavy atom. The van der Waals surface area contributed by atoms with Crippen molar-refractivity contribution < 1.29 is 0 Å². The van der Waals surface area contributed by atoms with E-state index in [0.29, 0.717) is 0 Å². The Morgan fingerprint density at radius 1 is 1.31 bits per heavy atom. The van der Waals surface area contributed by atoms with Gasteiger partial charge in [-0.15, -0.1) is 0 Å². The normalized spacial score (nSPS) is 22.1. The maximum atomic E-state index is 3.40. The zero-order valence-electron chi connectivity index (χ0n) is 7.59. The molecular weight excluding hydrogens is 273 g/mol. The first kappa shape index (κ1) is 9.46. The van der Waals surface area contributed by atoms with Gasteiger partial charge in [-0.3, -0.25) is 0 Å². The molecule has 1 fully saturated rings. The molecule has 1 unspecified atom stereocenters. The number of rotatable bonds is 2. The molecule has 13 heavy (non-hydrogen) atoms. The van der Waals surface area contributed by atoms with Gasteiger partial charge in [-0.05, 0) is 72.1 Å². The average molecular weight is 287 g/mol. The van der Waals surface area contributed by atoms with Gasteiger partial charge >= 0.3 is 0 Å². The second kappa shape index (κ2) is 4.42. The zero-order chi connectivity index (χ0) is 9.10. The van der Waals surface area contributed by atoms with E-state index in [0.717, 1.165) is 5.92 Å². The van der Waals surface area contributed by atoms with Crippen molar-refractivity contribution in [1.82, 2.24) is 5.32 Å². The predicted octanol–water partition coefficient (Wildman–Crippen LogP) is 2.44. The summed E-state index contributed by atoms with van der Waals surface area (Å²) >= 11 is 2.35. The molecule has 1 aromatic rings. The molecule has 70 valence electrons. The molecule has 1 aliphatic heterocycles. The van der Waals surface area contributed by atoms with E-state index in [2.05, 4.69) is 52.2 Å². The van der Waals surface area contributed by atoms with Gasteiger partial charge in [0.2, 0.25) is 0 Å². The highest BCUT2D eigenvalue weighted by Crippen LogP contribution is 2.16. The van der Waals surface area contributed by atoms with Crippen molar-refractivity contribution in [2.45, 2.75) is 12.8 Å². The lowest BCUT2D eigenvalue weighted by Crippen LogP contribution is -2.10. The molecule has 0 radical (unpaired) electrons. The molecular formula is C11H14IN. The Kier molecular flexibility index (Phi) is 3.22. The lowest BCUT2D eigenvalue weighted by molar-refractivity contribution is 0.580. The molecule has 1 aliphatic rings. The van der Waals surface area contributed by atoms with Crippen molar-refractivity contribution in [3.63, 3.8) is 0 Å². The van der Waals surface area contributed by atoms with E-state index in [-0.39, 0.29) is 0 Å². The van der Waals surface area contributed by atoms with E-state index in [1.165, 1.54) is 35.1 Å². The number of hydrogen-bond acceptors (Lipinski definition) is 1. The Morgan fingerprint density at radius 2 is 2.08 bits per heavy atom. The molecule has 2 rings (SSSR count). The second-order valence-electron chi connectivity index (χ2n) is 3.69. The van der Waals surface area contributed by atoms with Crippen LogP contribution in [0.2, 0.25) is 0 Å². The number of hydrogen-bond donors (Lipinski definition) is 1. The maximum Gasteiger partial charge on any atom is 0.0130 e. The molecule has 0 spiro atoms. The van der Waals surface area contributed by atoms with Gasteiger partial charge in [0.1, 0.15) is 0 Å². The molecule has 0 aromatic heterocycles. The topological polar surface area (TPSA) is 12.0 Å². The summed E-state index contributed by atoms with van der Waals surface area (Å²) in [4.78, 5) is 0. The molecule has 0 amide bonds. The molecule has 0 aliphatic carbocycles. The van der Waals surface area contributed by atoms with Crippen molar-refractivity contribution in [2.75, 3.05) is 13.1 Å². The van der Waals surface area contributed by atoms with Crippen molar-refractivity contribution in [2.24, 2.45) is 5.92 Å². The third kappa shape index (κ3) is 2.68. The minimum atomic E-state index is 0.861. The van der Waals surface area contributed by atoms with Gasteiger partial charge in [0.15, 0.2) is 0 Å². The van der Waals surface area contributed by atoms with E-state index < -0.39 is 0 Å². The van der Waals surface area contributed by atoms with Gasteiger partial charge in [-0.25, -0.2) is 0 Å². The predicted molar refractivity (Wildman–Crippen MR) is 63.8 cm³/mol. The van der Waals surface area contributed by atoms with Crippen LogP contribution < -0.4 is 5.32 Å². The molecule has 1 heterocycles. The molecule has 1 atom stereocenters. The SMILES string of the molecule is Ic1ccc(CC2CCNC2)cc1. The number of halogens is 1. The van der Waals surface area contributed by atoms with E-state index >= 15 is 0 Å². The molecule has 1 nitrogen and oxygen atoms in total. The smallest absolute Gasteiger partial charge is 0.0130 e. The van der Waals surface area contributed by atoms with Crippen LogP contribution in [0.4, 0.5) is 0 Å². The lowest BCUT2D eigenvalue weighted by atomic mass is 9.99. The molecule has 2 heteroatoms. The summed E-state index contributed by atoms with van der Waals surface area (Å²) in [6, 6.07) is 8.89. The number of benzene rings is 1. The quantitative estimate of drug-likeness (QED) is 0.824. The number of nitrogens with one attached hydrogen (secondary N) is 1. The van der Waals surface area contributed by atoms with E-state index in [9.17, 15) is 0 Å². The van der Waals surface area contributed by atoms with Gasteiger partial charge in [0, 0.05) is 3.57 Å².